The summed E-state index contributed by atoms with van der Waals surface area (Å²) in [5.74, 6) is 1.82. The number of nitrogens with one attached hydrogen (secondary N) is 1. The molecular weight excluding hydrogens is 276 g/mol. The first-order valence-electron chi connectivity index (χ1n) is 6.22. The number of aromatic nitrogens is 1. The molecule has 0 spiro atoms. The molecular formula is C14H14N2O3S. The maximum Gasteiger partial charge on any atom is 0.231 e. The van der Waals surface area contributed by atoms with E-state index in [0.29, 0.717) is 5.75 Å². The SMILES string of the molecule is CNC(=O)CSc1nc2cc3c(cc2cc1C)OCO3. The van der Waals surface area contributed by atoms with Gasteiger partial charge in [0.1, 0.15) is 5.03 Å². The fourth-order valence-electron chi connectivity index (χ4n) is 2.00. The van der Waals surface area contributed by atoms with Crippen molar-refractivity contribution in [3.8, 4) is 11.5 Å². The highest BCUT2D eigenvalue weighted by atomic mass is 32.2. The van der Waals surface area contributed by atoms with Crippen LogP contribution in [0.15, 0.2) is 23.2 Å². The number of carbonyl (C=O) groups excluding carboxylic acids is 1. The molecule has 2 heterocycles. The number of hydrogen-bond acceptors (Lipinski definition) is 5. The molecule has 0 radical (unpaired) electrons. The van der Waals surface area contributed by atoms with Gasteiger partial charge < -0.3 is 14.8 Å². The van der Waals surface area contributed by atoms with E-state index in [1.165, 1.54) is 11.8 Å². The third-order valence-electron chi connectivity index (χ3n) is 3.07. The predicted molar refractivity (Wildman–Crippen MR) is 77.4 cm³/mol. The summed E-state index contributed by atoms with van der Waals surface area (Å²) < 4.78 is 10.7. The van der Waals surface area contributed by atoms with Gasteiger partial charge in [0, 0.05) is 18.5 Å². The zero-order chi connectivity index (χ0) is 14.1. The van der Waals surface area contributed by atoms with Gasteiger partial charge in [0.2, 0.25) is 12.7 Å². The van der Waals surface area contributed by atoms with E-state index in [-0.39, 0.29) is 12.7 Å². The molecule has 1 N–H and O–H groups in total. The van der Waals surface area contributed by atoms with Crippen molar-refractivity contribution in [1.29, 1.82) is 0 Å². The van der Waals surface area contributed by atoms with Crippen molar-refractivity contribution in [3.63, 3.8) is 0 Å². The molecule has 0 unspecified atom stereocenters. The summed E-state index contributed by atoms with van der Waals surface area (Å²) in [6.45, 7) is 2.24. The Morgan fingerprint density at radius 3 is 2.85 bits per heavy atom. The molecule has 20 heavy (non-hydrogen) atoms. The minimum Gasteiger partial charge on any atom is -0.454 e. The number of pyridine rings is 1. The average Bonchev–Trinajstić information content (AvgIpc) is 2.89. The topological polar surface area (TPSA) is 60.5 Å². The predicted octanol–water partition coefficient (Wildman–Crippen LogP) is 2.11. The van der Waals surface area contributed by atoms with Crippen LogP contribution in [0.1, 0.15) is 5.56 Å². The van der Waals surface area contributed by atoms with Crippen molar-refractivity contribution in [2.24, 2.45) is 0 Å². The van der Waals surface area contributed by atoms with Crippen molar-refractivity contribution in [1.82, 2.24) is 10.3 Å². The van der Waals surface area contributed by atoms with Gasteiger partial charge in [-0.1, -0.05) is 11.8 Å². The first kappa shape index (κ1) is 13.1. The molecule has 3 rings (SSSR count). The van der Waals surface area contributed by atoms with Crippen molar-refractivity contribution in [2.75, 3.05) is 19.6 Å². The van der Waals surface area contributed by atoms with Gasteiger partial charge >= 0.3 is 0 Å². The van der Waals surface area contributed by atoms with Gasteiger partial charge in [-0.25, -0.2) is 4.98 Å². The molecule has 1 aliphatic rings. The molecule has 0 atom stereocenters. The summed E-state index contributed by atoms with van der Waals surface area (Å²) >= 11 is 1.43. The average molecular weight is 290 g/mol. The smallest absolute Gasteiger partial charge is 0.231 e. The monoisotopic (exact) mass is 290 g/mol. The Labute approximate surface area is 120 Å². The molecule has 0 aliphatic carbocycles. The Hall–Kier alpha value is -1.95. The largest absolute Gasteiger partial charge is 0.454 e. The highest BCUT2D eigenvalue weighted by Crippen LogP contribution is 2.36. The number of amides is 1. The van der Waals surface area contributed by atoms with Crippen LogP contribution in [-0.2, 0) is 4.79 Å². The number of rotatable bonds is 3. The minimum atomic E-state index is -0.0121. The summed E-state index contributed by atoms with van der Waals surface area (Å²) in [7, 11) is 1.63. The van der Waals surface area contributed by atoms with Crippen LogP contribution in [0, 0.1) is 6.92 Å². The van der Waals surface area contributed by atoms with Crippen LogP contribution >= 0.6 is 11.8 Å². The summed E-state index contributed by atoms with van der Waals surface area (Å²) in [6, 6.07) is 5.86. The number of carbonyl (C=O) groups is 1. The van der Waals surface area contributed by atoms with E-state index >= 15 is 0 Å². The summed E-state index contributed by atoms with van der Waals surface area (Å²) in [6.07, 6.45) is 0. The molecule has 0 fully saturated rings. The van der Waals surface area contributed by atoms with Crippen molar-refractivity contribution in [2.45, 2.75) is 11.9 Å². The van der Waals surface area contributed by atoms with Crippen LogP contribution in [-0.4, -0.2) is 30.5 Å². The fraction of sp³-hybridized carbons (Fsp3) is 0.286. The minimum absolute atomic E-state index is 0.0121. The second kappa shape index (κ2) is 5.20. The molecule has 6 heteroatoms. The lowest BCUT2D eigenvalue weighted by atomic mass is 10.1. The fourth-order valence-corrected chi connectivity index (χ4v) is 2.87. The van der Waals surface area contributed by atoms with E-state index in [1.807, 2.05) is 19.1 Å². The number of benzene rings is 1. The van der Waals surface area contributed by atoms with E-state index in [0.717, 1.165) is 33.0 Å². The first-order chi connectivity index (χ1) is 9.67. The molecule has 0 saturated heterocycles. The molecule has 1 aromatic heterocycles. The molecule has 0 bridgehead atoms. The molecule has 2 aromatic rings. The quantitative estimate of drug-likeness (QED) is 0.877. The summed E-state index contributed by atoms with van der Waals surface area (Å²) in [5.41, 5.74) is 1.89. The van der Waals surface area contributed by atoms with Gasteiger partial charge in [0.05, 0.1) is 11.3 Å². The van der Waals surface area contributed by atoms with Crippen LogP contribution in [0.3, 0.4) is 0 Å². The summed E-state index contributed by atoms with van der Waals surface area (Å²) in [4.78, 5) is 15.9. The van der Waals surface area contributed by atoms with Crippen LogP contribution in [0.2, 0.25) is 0 Å². The van der Waals surface area contributed by atoms with Gasteiger partial charge in [-0.15, -0.1) is 0 Å². The zero-order valence-corrected chi connectivity index (χ0v) is 12.0. The molecule has 104 valence electrons. The number of nitrogens with zero attached hydrogens (tertiary/aromatic N) is 1. The lowest BCUT2D eigenvalue weighted by Crippen LogP contribution is -2.19. The molecule has 1 amide bonds. The van der Waals surface area contributed by atoms with Crippen LogP contribution in [0.5, 0.6) is 11.5 Å². The number of fused-ring (bicyclic) bond motifs is 2. The van der Waals surface area contributed by atoms with E-state index in [4.69, 9.17) is 9.47 Å². The van der Waals surface area contributed by atoms with Crippen molar-refractivity contribution >= 4 is 28.6 Å². The van der Waals surface area contributed by atoms with Gasteiger partial charge in [0.25, 0.3) is 0 Å². The molecule has 1 aliphatic heterocycles. The zero-order valence-electron chi connectivity index (χ0n) is 11.2. The third kappa shape index (κ3) is 2.38. The Morgan fingerprint density at radius 1 is 1.35 bits per heavy atom. The Balaban J connectivity index is 1.96. The van der Waals surface area contributed by atoms with Crippen molar-refractivity contribution < 1.29 is 14.3 Å². The van der Waals surface area contributed by atoms with Crippen molar-refractivity contribution in [3.05, 3.63) is 23.8 Å². The van der Waals surface area contributed by atoms with Gasteiger partial charge in [-0.2, -0.15) is 0 Å². The second-order valence-corrected chi connectivity index (χ2v) is 5.43. The third-order valence-corrected chi connectivity index (χ3v) is 4.17. The molecule has 5 nitrogen and oxygen atoms in total. The second-order valence-electron chi connectivity index (χ2n) is 4.47. The van der Waals surface area contributed by atoms with Gasteiger partial charge in [-0.05, 0) is 24.6 Å². The Kier molecular flexibility index (Phi) is 3.40. The Bertz CT molecular complexity index is 688. The van der Waals surface area contributed by atoms with Crippen LogP contribution < -0.4 is 14.8 Å². The number of thioether (sulfide) groups is 1. The lowest BCUT2D eigenvalue weighted by molar-refractivity contribution is -0.118. The number of hydrogen-bond donors (Lipinski definition) is 1. The summed E-state index contributed by atoms with van der Waals surface area (Å²) in [5, 5.41) is 4.47. The maximum atomic E-state index is 11.3. The van der Waals surface area contributed by atoms with Crippen LogP contribution in [0.25, 0.3) is 10.9 Å². The first-order valence-corrected chi connectivity index (χ1v) is 7.20. The normalized spacial score (nSPS) is 12.7. The van der Waals surface area contributed by atoms with Gasteiger partial charge in [0.15, 0.2) is 11.5 Å². The van der Waals surface area contributed by atoms with E-state index in [1.54, 1.807) is 7.05 Å². The standard InChI is InChI=1S/C14H14N2O3S/c1-8-3-9-4-11-12(19-7-18-11)5-10(9)16-14(8)20-6-13(17)15-2/h3-5H,6-7H2,1-2H3,(H,15,17). The Morgan fingerprint density at radius 2 is 2.10 bits per heavy atom. The number of ether oxygens (including phenoxy) is 2. The lowest BCUT2D eigenvalue weighted by Gasteiger charge is -2.07. The van der Waals surface area contributed by atoms with E-state index in [9.17, 15) is 4.79 Å². The van der Waals surface area contributed by atoms with Gasteiger partial charge in [-0.3, -0.25) is 4.79 Å². The number of aryl methyl sites for hydroxylation is 1. The molecule has 0 saturated carbocycles. The van der Waals surface area contributed by atoms with E-state index in [2.05, 4.69) is 16.4 Å². The highest BCUT2D eigenvalue weighted by Gasteiger charge is 2.16. The van der Waals surface area contributed by atoms with E-state index < -0.39 is 0 Å². The van der Waals surface area contributed by atoms with Crippen LogP contribution in [0.4, 0.5) is 0 Å². The highest BCUT2D eigenvalue weighted by molar-refractivity contribution is 7.99. The molecule has 1 aromatic carbocycles. The maximum absolute atomic E-state index is 11.3.